The lowest BCUT2D eigenvalue weighted by Crippen LogP contribution is -2.47. The minimum absolute atomic E-state index is 0.0512. The molecule has 0 amide bonds. The molecule has 3 heteroatoms. The van der Waals surface area contributed by atoms with Crippen LogP contribution in [0.2, 0.25) is 0 Å². The number of benzene rings is 1. The van der Waals surface area contributed by atoms with Crippen molar-refractivity contribution in [3.8, 4) is 5.75 Å². The quantitative estimate of drug-likeness (QED) is 0.778. The highest BCUT2D eigenvalue weighted by atomic mass is 35.5. The van der Waals surface area contributed by atoms with Crippen molar-refractivity contribution in [2.24, 2.45) is 0 Å². The number of hydrogen-bond acceptors (Lipinski definition) is 2. The third-order valence-corrected chi connectivity index (χ3v) is 4.24. The minimum Gasteiger partial charge on any atom is -0.496 e. The molecule has 1 saturated heterocycles. The lowest BCUT2D eigenvalue weighted by molar-refractivity contribution is -0.0628. The normalized spacial score (nSPS) is 17.4. The number of ether oxygens (including phenoxy) is 2. The van der Waals surface area contributed by atoms with Crippen molar-refractivity contribution >= 4 is 11.6 Å². The maximum absolute atomic E-state index is 5.97. The Morgan fingerprint density at radius 1 is 1.28 bits per heavy atom. The van der Waals surface area contributed by atoms with Crippen molar-refractivity contribution < 1.29 is 9.47 Å². The number of aryl methyl sites for hydroxylation is 2. The first kappa shape index (κ1) is 13.7. The van der Waals surface area contributed by atoms with Gasteiger partial charge in [0.1, 0.15) is 5.75 Å². The summed E-state index contributed by atoms with van der Waals surface area (Å²) in [4.78, 5) is 0. The number of rotatable bonds is 4. The van der Waals surface area contributed by atoms with Crippen LogP contribution in [0.1, 0.15) is 28.7 Å². The molecule has 100 valence electrons. The summed E-state index contributed by atoms with van der Waals surface area (Å²) in [6.45, 7) is 7.89. The molecule has 0 bridgehead atoms. The average molecular weight is 269 g/mol. The average Bonchev–Trinajstić information content (AvgIpc) is 2.29. The minimum atomic E-state index is 0.0512. The highest BCUT2D eigenvalue weighted by Crippen LogP contribution is 2.44. The smallest absolute Gasteiger partial charge is 0.126 e. The molecule has 1 aliphatic rings. The third-order valence-electron chi connectivity index (χ3n) is 4.05. The summed E-state index contributed by atoms with van der Waals surface area (Å²) in [6.07, 6.45) is 0.939. The fourth-order valence-electron chi connectivity index (χ4n) is 2.91. The second-order valence-corrected chi connectivity index (χ2v) is 5.63. The first-order chi connectivity index (χ1) is 8.55. The summed E-state index contributed by atoms with van der Waals surface area (Å²) in [7, 11) is 1.75. The molecule has 0 spiro atoms. The Balaban J connectivity index is 2.58. The van der Waals surface area contributed by atoms with Gasteiger partial charge in [0.2, 0.25) is 0 Å². The summed E-state index contributed by atoms with van der Waals surface area (Å²) >= 11 is 5.97. The van der Waals surface area contributed by atoms with Crippen molar-refractivity contribution in [1.82, 2.24) is 0 Å². The zero-order valence-electron chi connectivity index (χ0n) is 11.6. The van der Waals surface area contributed by atoms with Gasteiger partial charge in [0.05, 0.1) is 20.3 Å². The monoisotopic (exact) mass is 268 g/mol. The van der Waals surface area contributed by atoms with Crippen LogP contribution in [0.25, 0.3) is 0 Å². The second kappa shape index (κ2) is 5.10. The molecule has 0 radical (unpaired) electrons. The first-order valence-corrected chi connectivity index (χ1v) is 6.88. The van der Waals surface area contributed by atoms with Crippen molar-refractivity contribution in [3.05, 3.63) is 28.3 Å². The number of hydrogen-bond donors (Lipinski definition) is 0. The number of halogens is 1. The van der Waals surface area contributed by atoms with E-state index in [4.69, 9.17) is 21.1 Å². The van der Waals surface area contributed by atoms with Crippen LogP contribution in [0, 0.1) is 20.8 Å². The summed E-state index contributed by atoms with van der Waals surface area (Å²) in [5.74, 6) is 1.67. The molecule has 0 aliphatic carbocycles. The van der Waals surface area contributed by atoms with Gasteiger partial charge < -0.3 is 9.47 Å². The van der Waals surface area contributed by atoms with Crippen LogP contribution in [-0.2, 0) is 10.2 Å². The van der Waals surface area contributed by atoms with Gasteiger partial charge in [-0.2, -0.15) is 0 Å². The molecule has 0 atom stereocenters. The molecule has 1 heterocycles. The van der Waals surface area contributed by atoms with Gasteiger partial charge in [-0.3, -0.25) is 0 Å². The van der Waals surface area contributed by atoms with Crippen molar-refractivity contribution in [1.29, 1.82) is 0 Å². The number of alkyl halides is 1. The molecule has 0 N–H and O–H groups in total. The molecule has 0 saturated carbocycles. The molecule has 1 aliphatic heterocycles. The van der Waals surface area contributed by atoms with Gasteiger partial charge >= 0.3 is 0 Å². The van der Waals surface area contributed by atoms with E-state index in [9.17, 15) is 0 Å². The Kier molecular flexibility index (Phi) is 3.88. The lowest BCUT2D eigenvalue weighted by Gasteiger charge is -2.43. The fourth-order valence-corrected chi connectivity index (χ4v) is 3.27. The van der Waals surface area contributed by atoms with E-state index < -0.39 is 0 Å². The summed E-state index contributed by atoms with van der Waals surface area (Å²) in [5, 5.41) is 0. The molecule has 1 aromatic carbocycles. The van der Waals surface area contributed by atoms with Crippen molar-refractivity contribution in [2.45, 2.75) is 32.6 Å². The largest absolute Gasteiger partial charge is 0.496 e. The van der Waals surface area contributed by atoms with E-state index in [1.165, 1.54) is 22.3 Å². The van der Waals surface area contributed by atoms with E-state index in [-0.39, 0.29) is 5.41 Å². The maximum atomic E-state index is 5.97. The van der Waals surface area contributed by atoms with Gasteiger partial charge in [-0.1, -0.05) is 6.07 Å². The summed E-state index contributed by atoms with van der Waals surface area (Å²) < 4.78 is 11.1. The molecular weight excluding hydrogens is 248 g/mol. The van der Waals surface area contributed by atoms with Gasteiger partial charge in [-0.05, 0) is 43.9 Å². The van der Waals surface area contributed by atoms with E-state index >= 15 is 0 Å². The van der Waals surface area contributed by atoms with Crippen LogP contribution < -0.4 is 4.74 Å². The van der Waals surface area contributed by atoms with E-state index in [0.29, 0.717) is 5.88 Å². The van der Waals surface area contributed by atoms with Gasteiger partial charge in [-0.15, -0.1) is 11.6 Å². The molecule has 1 aromatic rings. The van der Waals surface area contributed by atoms with Gasteiger partial charge in [0, 0.05) is 16.9 Å². The Labute approximate surface area is 114 Å². The van der Waals surface area contributed by atoms with Crippen molar-refractivity contribution in [3.63, 3.8) is 0 Å². The van der Waals surface area contributed by atoms with Gasteiger partial charge in [-0.25, -0.2) is 0 Å². The van der Waals surface area contributed by atoms with E-state index in [0.717, 1.165) is 25.4 Å². The first-order valence-electron chi connectivity index (χ1n) is 6.34. The van der Waals surface area contributed by atoms with Crippen LogP contribution >= 0.6 is 11.6 Å². The Bertz CT molecular complexity index is 450. The van der Waals surface area contributed by atoms with Gasteiger partial charge in [0.15, 0.2) is 0 Å². The molecular formula is C15H21ClO2. The Morgan fingerprint density at radius 2 is 1.94 bits per heavy atom. The van der Waals surface area contributed by atoms with Crippen molar-refractivity contribution in [2.75, 3.05) is 26.2 Å². The lowest BCUT2D eigenvalue weighted by atomic mass is 9.73. The van der Waals surface area contributed by atoms with Crippen LogP contribution in [0.15, 0.2) is 6.07 Å². The summed E-state index contributed by atoms with van der Waals surface area (Å²) in [6, 6.07) is 2.24. The highest BCUT2D eigenvalue weighted by Gasteiger charge is 2.43. The zero-order valence-corrected chi connectivity index (χ0v) is 12.4. The predicted molar refractivity (Wildman–Crippen MR) is 75.0 cm³/mol. The molecule has 0 aromatic heterocycles. The highest BCUT2D eigenvalue weighted by molar-refractivity contribution is 6.17. The molecule has 18 heavy (non-hydrogen) atoms. The second-order valence-electron chi connectivity index (χ2n) is 5.26. The molecule has 2 rings (SSSR count). The Morgan fingerprint density at radius 3 is 2.39 bits per heavy atom. The molecule has 0 unspecified atom stereocenters. The third kappa shape index (κ3) is 2.02. The maximum Gasteiger partial charge on any atom is 0.126 e. The van der Waals surface area contributed by atoms with Gasteiger partial charge in [0.25, 0.3) is 0 Å². The van der Waals surface area contributed by atoms with Crippen LogP contribution in [0.5, 0.6) is 5.75 Å². The SMILES string of the molecule is COc1c(C)c(C)cc(C)c1C1(CCCl)COC1. The van der Waals surface area contributed by atoms with E-state index in [1.54, 1.807) is 7.11 Å². The predicted octanol–water partition coefficient (Wildman–Crippen LogP) is 3.52. The Hall–Kier alpha value is -0.730. The molecule has 2 nitrogen and oxygen atoms in total. The van der Waals surface area contributed by atoms with Crippen LogP contribution in [0.3, 0.4) is 0 Å². The summed E-state index contributed by atoms with van der Waals surface area (Å²) in [5.41, 5.74) is 5.12. The standard InChI is InChI=1S/C15H21ClO2/c1-10-7-11(2)13(14(17-4)12(10)3)15(5-6-16)8-18-9-15/h7H,5-6,8-9H2,1-4H3. The van der Waals surface area contributed by atoms with Crippen LogP contribution in [0.4, 0.5) is 0 Å². The molecule has 1 fully saturated rings. The topological polar surface area (TPSA) is 18.5 Å². The van der Waals surface area contributed by atoms with E-state index in [1.807, 2.05) is 0 Å². The van der Waals surface area contributed by atoms with E-state index in [2.05, 4.69) is 26.8 Å². The van der Waals surface area contributed by atoms with Crippen LogP contribution in [-0.4, -0.2) is 26.2 Å². The fraction of sp³-hybridized carbons (Fsp3) is 0.600. The zero-order chi connectivity index (χ0) is 13.3. The number of methoxy groups -OCH3 is 1.